The third-order valence-electron chi connectivity index (χ3n) is 5.56. The molecule has 2 atom stereocenters. The molecule has 1 amide bonds. The molecule has 1 saturated heterocycles. The molecule has 1 aromatic carbocycles. The van der Waals surface area contributed by atoms with Crippen molar-refractivity contribution < 1.29 is 29.1 Å². The van der Waals surface area contributed by atoms with E-state index >= 15 is 0 Å². The van der Waals surface area contributed by atoms with Gasteiger partial charge in [0.1, 0.15) is 12.1 Å². The summed E-state index contributed by atoms with van der Waals surface area (Å²) in [6.07, 6.45) is -0.831. The van der Waals surface area contributed by atoms with Crippen molar-refractivity contribution in [3.8, 4) is 0 Å². The maximum atomic E-state index is 12.1. The van der Waals surface area contributed by atoms with Crippen molar-refractivity contribution in [3.05, 3.63) is 29.8 Å². The predicted octanol–water partition coefficient (Wildman–Crippen LogP) is 1.50. The molecule has 0 aliphatic carbocycles. The van der Waals surface area contributed by atoms with Gasteiger partial charge in [0.2, 0.25) is 5.91 Å². The van der Waals surface area contributed by atoms with Crippen LogP contribution >= 0.6 is 0 Å². The van der Waals surface area contributed by atoms with Crippen LogP contribution in [0, 0.1) is 5.92 Å². The van der Waals surface area contributed by atoms with E-state index in [1.165, 1.54) is 0 Å². The molecule has 0 radical (unpaired) electrons. The molecule has 8 heteroatoms. The lowest BCUT2D eigenvalue weighted by Crippen LogP contribution is -2.47. The van der Waals surface area contributed by atoms with E-state index in [0.717, 1.165) is 11.0 Å². The smallest absolute Gasteiger partial charge is 0.480 e. The standard InChI is InChI=1S/C21H32BNO6/c1-13(2)11-17(24)18(25)23-16(19(26)27)12-14-7-9-15(10-8-14)22-28-20(3,4)21(5,6)29-22/h7-10,13,16-17,24H,11-12H2,1-6H3,(H,23,25)(H,26,27)/t16-,17+/m1/s1. The van der Waals surface area contributed by atoms with Crippen LogP contribution in [0.4, 0.5) is 0 Å². The number of rotatable bonds is 8. The Morgan fingerprint density at radius 2 is 1.59 bits per heavy atom. The first-order chi connectivity index (χ1) is 13.3. The van der Waals surface area contributed by atoms with E-state index in [4.69, 9.17) is 9.31 Å². The van der Waals surface area contributed by atoms with Gasteiger partial charge in [-0.3, -0.25) is 4.79 Å². The van der Waals surface area contributed by atoms with Gasteiger partial charge in [0.25, 0.3) is 0 Å². The highest BCUT2D eigenvalue weighted by atomic mass is 16.7. The Labute approximate surface area is 172 Å². The van der Waals surface area contributed by atoms with E-state index in [2.05, 4.69) is 5.32 Å². The average molecular weight is 405 g/mol. The molecule has 0 saturated carbocycles. The zero-order chi connectivity index (χ0) is 22.0. The molecule has 0 aromatic heterocycles. The van der Waals surface area contributed by atoms with Crippen LogP contribution in [0.3, 0.4) is 0 Å². The van der Waals surface area contributed by atoms with Crippen molar-refractivity contribution >= 4 is 24.5 Å². The van der Waals surface area contributed by atoms with E-state index < -0.39 is 42.3 Å². The summed E-state index contributed by atoms with van der Waals surface area (Å²) in [5, 5.41) is 21.8. The monoisotopic (exact) mass is 405 g/mol. The molecule has 1 aliphatic heterocycles. The van der Waals surface area contributed by atoms with E-state index in [9.17, 15) is 19.8 Å². The molecule has 0 unspecified atom stereocenters. The summed E-state index contributed by atoms with van der Waals surface area (Å²) in [7, 11) is -0.491. The maximum Gasteiger partial charge on any atom is 0.494 e. The van der Waals surface area contributed by atoms with Crippen molar-refractivity contribution in [2.75, 3.05) is 0 Å². The number of carbonyl (C=O) groups excluding carboxylic acids is 1. The first-order valence-electron chi connectivity index (χ1n) is 9.98. The van der Waals surface area contributed by atoms with Crippen molar-refractivity contribution in [2.45, 2.75) is 77.7 Å². The first kappa shape index (κ1) is 23.4. The van der Waals surface area contributed by atoms with E-state index in [0.29, 0.717) is 0 Å². The van der Waals surface area contributed by atoms with Crippen LogP contribution in [-0.4, -0.2) is 52.6 Å². The number of benzene rings is 1. The number of aliphatic hydroxyl groups excluding tert-OH is 1. The fourth-order valence-corrected chi connectivity index (χ4v) is 3.05. The fourth-order valence-electron chi connectivity index (χ4n) is 3.05. The molecule has 2 rings (SSSR count). The summed E-state index contributed by atoms with van der Waals surface area (Å²) in [6, 6.07) is 6.16. The molecule has 7 nitrogen and oxygen atoms in total. The molecule has 1 aromatic rings. The molecule has 160 valence electrons. The van der Waals surface area contributed by atoms with Crippen LogP contribution in [0.1, 0.15) is 53.5 Å². The van der Waals surface area contributed by atoms with Crippen LogP contribution in [0.2, 0.25) is 0 Å². The SMILES string of the molecule is CC(C)C[C@H](O)C(=O)N[C@H](Cc1ccc(B2OC(C)(C)C(C)(C)O2)cc1)C(=O)O. The third-order valence-corrected chi connectivity index (χ3v) is 5.56. The zero-order valence-corrected chi connectivity index (χ0v) is 18.1. The second-order valence-corrected chi connectivity index (χ2v) is 9.08. The summed E-state index contributed by atoms with van der Waals surface area (Å²) < 4.78 is 12.0. The van der Waals surface area contributed by atoms with E-state index in [1.54, 1.807) is 12.1 Å². The van der Waals surface area contributed by atoms with E-state index in [1.807, 2.05) is 53.7 Å². The molecular weight excluding hydrogens is 373 g/mol. The quantitative estimate of drug-likeness (QED) is 0.567. The Hall–Kier alpha value is -1.90. The van der Waals surface area contributed by atoms with Crippen molar-refractivity contribution in [3.63, 3.8) is 0 Å². The summed E-state index contributed by atoms with van der Waals surface area (Å²) >= 11 is 0. The molecule has 1 fully saturated rings. The lowest BCUT2D eigenvalue weighted by molar-refractivity contribution is -0.143. The number of carboxylic acid groups (broad SMARTS) is 1. The lowest BCUT2D eigenvalue weighted by Gasteiger charge is -2.32. The normalized spacial score (nSPS) is 19.8. The van der Waals surface area contributed by atoms with Gasteiger partial charge >= 0.3 is 13.1 Å². The summed E-state index contributed by atoms with van der Waals surface area (Å²) in [5.74, 6) is -1.69. The predicted molar refractivity (Wildman–Crippen MR) is 111 cm³/mol. The molecule has 1 heterocycles. The number of amides is 1. The fraction of sp³-hybridized carbons (Fsp3) is 0.619. The number of nitrogens with one attached hydrogen (secondary N) is 1. The van der Waals surface area contributed by atoms with Gasteiger partial charge in [0.15, 0.2) is 0 Å². The van der Waals surface area contributed by atoms with Gasteiger partial charge in [-0.15, -0.1) is 0 Å². The van der Waals surface area contributed by atoms with Crippen LogP contribution in [-0.2, 0) is 25.3 Å². The Morgan fingerprint density at radius 3 is 2.03 bits per heavy atom. The Bertz CT molecular complexity index is 715. The molecule has 1 aliphatic rings. The number of hydrogen-bond donors (Lipinski definition) is 3. The Kier molecular flexibility index (Phi) is 7.14. The molecule has 0 spiro atoms. The zero-order valence-electron chi connectivity index (χ0n) is 18.1. The minimum Gasteiger partial charge on any atom is -0.480 e. The van der Waals surface area contributed by atoms with Gasteiger partial charge in [-0.25, -0.2) is 4.79 Å². The maximum absolute atomic E-state index is 12.1. The molecule has 0 bridgehead atoms. The highest BCUT2D eigenvalue weighted by Crippen LogP contribution is 2.36. The minimum atomic E-state index is -1.22. The van der Waals surface area contributed by atoms with Crippen LogP contribution in [0.15, 0.2) is 24.3 Å². The first-order valence-corrected chi connectivity index (χ1v) is 9.98. The van der Waals surface area contributed by atoms with Crippen molar-refractivity contribution in [2.24, 2.45) is 5.92 Å². The minimum absolute atomic E-state index is 0.110. The second kappa shape index (κ2) is 8.85. The largest absolute Gasteiger partial charge is 0.494 e. The topological polar surface area (TPSA) is 105 Å². The Morgan fingerprint density at radius 1 is 1.07 bits per heavy atom. The number of aliphatic hydroxyl groups is 1. The van der Waals surface area contributed by atoms with Gasteiger partial charge < -0.3 is 24.8 Å². The van der Waals surface area contributed by atoms with Crippen molar-refractivity contribution in [1.29, 1.82) is 0 Å². The van der Waals surface area contributed by atoms with E-state index in [-0.39, 0.29) is 18.8 Å². The Balaban J connectivity index is 2.03. The van der Waals surface area contributed by atoms with Gasteiger partial charge in [0, 0.05) is 6.42 Å². The number of hydrogen-bond acceptors (Lipinski definition) is 5. The number of carbonyl (C=O) groups is 2. The summed E-state index contributed by atoms with van der Waals surface area (Å²) in [4.78, 5) is 23.6. The van der Waals surface area contributed by atoms with Gasteiger partial charge in [-0.1, -0.05) is 38.1 Å². The van der Waals surface area contributed by atoms with Gasteiger partial charge in [0.05, 0.1) is 11.2 Å². The lowest BCUT2D eigenvalue weighted by atomic mass is 9.78. The summed E-state index contributed by atoms with van der Waals surface area (Å²) in [6.45, 7) is 11.7. The van der Waals surface area contributed by atoms with Gasteiger partial charge in [-0.05, 0) is 51.1 Å². The molecule has 29 heavy (non-hydrogen) atoms. The van der Waals surface area contributed by atoms with Crippen molar-refractivity contribution in [1.82, 2.24) is 5.32 Å². The number of aliphatic carboxylic acids is 1. The summed E-state index contributed by atoms with van der Waals surface area (Å²) in [5.41, 5.74) is 0.713. The van der Waals surface area contributed by atoms with Crippen LogP contribution in [0.5, 0.6) is 0 Å². The average Bonchev–Trinajstić information content (AvgIpc) is 2.81. The molecular formula is C21H32BNO6. The number of carboxylic acids is 1. The highest BCUT2D eigenvalue weighted by Gasteiger charge is 2.51. The highest BCUT2D eigenvalue weighted by molar-refractivity contribution is 6.62. The third kappa shape index (κ3) is 5.81. The molecule has 3 N–H and O–H groups in total. The second-order valence-electron chi connectivity index (χ2n) is 9.08. The van der Waals surface area contributed by atoms with Gasteiger partial charge in [-0.2, -0.15) is 0 Å². The van der Waals surface area contributed by atoms with Crippen LogP contribution in [0.25, 0.3) is 0 Å². The van der Waals surface area contributed by atoms with Crippen LogP contribution < -0.4 is 10.8 Å².